The van der Waals surface area contributed by atoms with Crippen molar-refractivity contribution < 1.29 is 4.74 Å². The Hall–Kier alpha value is -2.12. The highest BCUT2D eigenvalue weighted by Gasteiger charge is 2.03. The van der Waals surface area contributed by atoms with E-state index in [9.17, 15) is 0 Å². The van der Waals surface area contributed by atoms with Crippen LogP contribution < -0.4 is 15.4 Å². The van der Waals surface area contributed by atoms with Crippen molar-refractivity contribution in [3.63, 3.8) is 0 Å². The summed E-state index contributed by atoms with van der Waals surface area (Å²) < 4.78 is 5.79. The Morgan fingerprint density at radius 3 is 2.62 bits per heavy atom. The average molecular weight is 418 g/mol. The van der Waals surface area contributed by atoms with Crippen molar-refractivity contribution in [3.8, 4) is 5.75 Å². The first-order valence-corrected chi connectivity index (χ1v) is 11.2. The summed E-state index contributed by atoms with van der Waals surface area (Å²) in [5.74, 6) is 1.75. The zero-order chi connectivity index (χ0) is 20.9. The first-order valence-electron chi connectivity index (χ1n) is 10.4. The van der Waals surface area contributed by atoms with Gasteiger partial charge in [-0.05, 0) is 51.6 Å². The molecule has 0 fully saturated rings. The van der Waals surface area contributed by atoms with E-state index in [0.717, 1.165) is 62.8 Å². The molecule has 2 aromatic rings. The minimum absolute atomic E-state index is 0.632. The van der Waals surface area contributed by atoms with Crippen molar-refractivity contribution in [2.24, 2.45) is 4.99 Å². The second-order valence-corrected chi connectivity index (χ2v) is 8.29. The SMILES string of the molecule is CCNC(=NCc1ccc(OCCCN(C)C)cc1)NCCc1ncc(CC)s1. The number of aliphatic imine (C=N–C) groups is 1. The van der Waals surface area contributed by atoms with Crippen molar-refractivity contribution in [2.45, 2.75) is 39.7 Å². The van der Waals surface area contributed by atoms with Gasteiger partial charge in [0.1, 0.15) is 5.75 Å². The number of guanidine groups is 1. The number of rotatable bonds is 12. The molecule has 0 saturated carbocycles. The molecule has 0 amide bonds. The zero-order valence-electron chi connectivity index (χ0n) is 18.2. The second-order valence-electron chi connectivity index (χ2n) is 7.10. The number of thiazole rings is 1. The molecule has 0 saturated heterocycles. The van der Waals surface area contributed by atoms with E-state index >= 15 is 0 Å². The molecule has 1 aromatic heterocycles. The Balaban J connectivity index is 1.77. The smallest absolute Gasteiger partial charge is 0.191 e. The van der Waals surface area contributed by atoms with Crippen molar-refractivity contribution >= 4 is 17.3 Å². The van der Waals surface area contributed by atoms with Gasteiger partial charge in [0.2, 0.25) is 0 Å². The number of aromatic nitrogens is 1. The summed E-state index contributed by atoms with van der Waals surface area (Å²) in [7, 11) is 4.15. The fourth-order valence-corrected chi connectivity index (χ4v) is 3.55. The molecule has 0 spiro atoms. The molecule has 0 bridgehead atoms. The van der Waals surface area contributed by atoms with E-state index in [1.165, 1.54) is 9.88 Å². The minimum atomic E-state index is 0.632. The Kier molecular flexibility index (Phi) is 10.5. The van der Waals surface area contributed by atoms with Gasteiger partial charge in [0.05, 0.1) is 18.2 Å². The second kappa shape index (κ2) is 13.2. The number of nitrogens with zero attached hydrogens (tertiary/aromatic N) is 3. The number of aryl methyl sites for hydroxylation is 1. The van der Waals surface area contributed by atoms with Crippen LogP contribution in [0.1, 0.15) is 35.7 Å². The molecule has 1 aromatic carbocycles. The van der Waals surface area contributed by atoms with Gasteiger partial charge in [0.25, 0.3) is 0 Å². The molecule has 2 rings (SSSR count). The van der Waals surface area contributed by atoms with Crippen LogP contribution in [-0.4, -0.2) is 56.2 Å². The zero-order valence-corrected chi connectivity index (χ0v) is 19.0. The van der Waals surface area contributed by atoms with Crippen LogP contribution >= 0.6 is 11.3 Å². The van der Waals surface area contributed by atoms with Gasteiger partial charge < -0.3 is 20.3 Å². The molecule has 1 heterocycles. The van der Waals surface area contributed by atoms with Gasteiger partial charge in [-0.25, -0.2) is 9.98 Å². The minimum Gasteiger partial charge on any atom is -0.494 e. The Bertz CT molecular complexity index is 727. The third-order valence-electron chi connectivity index (χ3n) is 4.29. The van der Waals surface area contributed by atoms with Gasteiger partial charge in [-0.2, -0.15) is 0 Å². The first kappa shape index (κ1) is 23.2. The largest absolute Gasteiger partial charge is 0.494 e. The lowest BCUT2D eigenvalue weighted by molar-refractivity contribution is 0.281. The van der Waals surface area contributed by atoms with E-state index < -0.39 is 0 Å². The number of hydrogen-bond donors (Lipinski definition) is 2. The molecule has 2 N–H and O–H groups in total. The fourth-order valence-electron chi connectivity index (χ4n) is 2.69. The molecule has 0 aliphatic carbocycles. The summed E-state index contributed by atoms with van der Waals surface area (Å²) in [6, 6.07) is 8.20. The summed E-state index contributed by atoms with van der Waals surface area (Å²) in [5.41, 5.74) is 1.16. The molecule has 6 nitrogen and oxygen atoms in total. The molecular weight excluding hydrogens is 382 g/mol. The molecule has 160 valence electrons. The van der Waals surface area contributed by atoms with Crippen LogP contribution in [0.25, 0.3) is 0 Å². The van der Waals surface area contributed by atoms with E-state index in [-0.39, 0.29) is 0 Å². The topological polar surface area (TPSA) is 61.8 Å². The maximum Gasteiger partial charge on any atom is 0.191 e. The summed E-state index contributed by atoms with van der Waals surface area (Å²) in [5, 5.41) is 7.87. The maximum absolute atomic E-state index is 5.79. The average Bonchev–Trinajstić information content (AvgIpc) is 3.18. The number of benzene rings is 1. The van der Waals surface area contributed by atoms with Crippen LogP contribution in [-0.2, 0) is 19.4 Å². The monoisotopic (exact) mass is 417 g/mol. The van der Waals surface area contributed by atoms with Crippen molar-refractivity contribution in [3.05, 3.63) is 45.9 Å². The van der Waals surface area contributed by atoms with Crippen molar-refractivity contribution in [1.29, 1.82) is 0 Å². The quantitative estimate of drug-likeness (QED) is 0.315. The maximum atomic E-state index is 5.79. The predicted octanol–water partition coefficient (Wildman–Crippen LogP) is 3.33. The van der Waals surface area contributed by atoms with Crippen molar-refractivity contribution in [1.82, 2.24) is 20.5 Å². The number of ether oxygens (including phenoxy) is 1. The van der Waals surface area contributed by atoms with Gasteiger partial charge >= 0.3 is 0 Å². The predicted molar refractivity (Wildman–Crippen MR) is 123 cm³/mol. The van der Waals surface area contributed by atoms with Crippen LogP contribution in [0.4, 0.5) is 0 Å². The van der Waals surface area contributed by atoms with E-state index in [2.05, 4.69) is 60.6 Å². The molecule has 0 radical (unpaired) electrons. The molecule has 7 heteroatoms. The highest BCUT2D eigenvalue weighted by atomic mass is 32.1. The normalized spacial score (nSPS) is 11.7. The molecule has 0 atom stereocenters. The van der Waals surface area contributed by atoms with Gasteiger partial charge in [-0.3, -0.25) is 0 Å². The summed E-state index contributed by atoms with van der Waals surface area (Å²) >= 11 is 1.79. The van der Waals surface area contributed by atoms with Gasteiger partial charge in [-0.15, -0.1) is 11.3 Å². The lowest BCUT2D eigenvalue weighted by Gasteiger charge is -2.11. The van der Waals surface area contributed by atoms with E-state index in [4.69, 9.17) is 9.73 Å². The van der Waals surface area contributed by atoms with Gasteiger partial charge in [0, 0.05) is 37.1 Å². The van der Waals surface area contributed by atoms with Gasteiger partial charge in [-0.1, -0.05) is 19.1 Å². The molecule has 0 unspecified atom stereocenters. The number of nitrogens with one attached hydrogen (secondary N) is 2. The Morgan fingerprint density at radius 2 is 1.97 bits per heavy atom. The Labute approximate surface area is 179 Å². The molecule has 0 aliphatic rings. The summed E-state index contributed by atoms with van der Waals surface area (Å²) in [6.45, 7) is 8.31. The van der Waals surface area contributed by atoms with Crippen LogP contribution in [0, 0.1) is 0 Å². The van der Waals surface area contributed by atoms with E-state index in [1.54, 1.807) is 11.3 Å². The lowest BCUT2D eigenvalue weighted by Crippen LogP contribution is -2.38. The van der Waals surface area contributed by atoms with Crippen LogP contribution in [0.2, 0.25) is 0 Å². The van der Waals surface area contributed by atoms with Gasteiger partial charge in [0.15, 0.2) is 5.96 Å². The molecule has 0 aliphatic heterocycles. The number of hydrogen-bond acceptors (Lipinski definition) is 5. The lowest BCUT2D eigenvalue weighted by atomic mass is 10.2. The van der Waals surface area contributed by atoms with Crippen LogP contribution in [0.3, 0.4) is 0 Å². The third-order valence-corrected chi connectivity index (χ3v) is 5.49. The highest BCUT2D eigenvalue weighted by molar-refractivity contribution is 7.11. The Morgan fingerprint density at radius 1 is 1.17 bits per heavy atom. The van der Waals surface area contributed by atoms with Crippen molar-refractivity contribution in [2.75, 3.05) is 40.3 Å². The van der Waals surface area contributed by atoms with Crippen LogP contribution in [0.15, 0.2) is 35.5 Å². The third kappa shape index (κ3) is 9.28. The molecule has 29 heavy (non-hydrogen) atoms. The van der Waals surface area contributed by atoms with Crippen LogP contribution in [0.5, 0.6) is 5.75 Å². The highest BCUT2D eigenvalue weighted by Crippen LogP contribution is 2.14. The van der Waals surface area contributed by atoms with E-state index in [0.29, 0.717) is 6.54 Å². The van der Waals surface area contributed by atoms with E-state index in [1.807, 2.05) is 18.3 Å². The summed E-state index contributed by atoms with van der Waals surface area (Å²) in [4.78, 5) is 12.7. The summed E-state index contributed by atoms with van der Waals surface area (Å²) in [6.07, 6.45) is 4.97. The first-order chi connectivity index (χ1) is 14.1. The fraction of sp³-hybridized carbons (Fsp3) is 0.545. The standard InChI is InChI=1S/C22H35N5OS/c1-5-20-17-25-21(29-20)12-13-24-22(23-6-2)26-16-18-8-10-19(11-9-18)28-15-7-14-27(3)4/h8-11,17H,5-7,12-16H2,1-4H3,(H2,23,24,26). The molecular formula is C22H35N5OS.